The predicted octanol–water partition coefficient (Wildman–Crippen LogP) is -0.218. The summed E-state index contributed by atoms with van der Waals surface area (Å²) in [7, 11) is 0. The fourth-order valence-electron chi connectivity index (χ4n) is 2.74. The highest BCUT2D eigenvalue weighted by Gasteiger charge is 2.38. The summed E-state index contributed by atoms with van der Waals surface area (Å²) in [6.07, 6.45) is 4.50. The van der Waals surface area contributed by atoms with Gasteiger partial charge in [-0.15, -0.1) is 0 Å². The van der Waals surface area contributed by atoms with E-state index in [0.717, 1.165) is 32.2 Å². The Morgan fingerprint density at radius 2 is 2.11 bits per heavy atom. The van der Waals surface area contributed by atoms with Crippen LogP contribution in [0.3, 0.4) is 0 Å². The second-order valence-corrected chi connectivity index (χ2v) is 5.16. The van der Waals surface area contributed by atoms with Crippen LogP contribution in [0.2, 0.25) is 0 Å². The minimum atomic E-state index is -0.518. The van der Waals surface area contributed by atoms with Crippen LogP contribution in [0.5, 0.6) is 0 Å². The van der Waals surface area contributed by atoms with Gasteiger partial charge in [0.1, 0.15) is 12.6 Å². The van der Waals surface area contributed by atoms with Gasteiger partial charge in [-0.05, 0) is 25.8 Å². The lowest BCUT2D eigenvalue weighted by molar-refractivity contribution is -0.151. The van der Waals surface area contributed by atoms with E-state index in [1.165, 1.54) is 4.90 Å². The Labute approximate surface area is 112 Å². The average Bonchev–Trinajstić information content (AvgIpc) is 2.66. The number of carbonyl (C=O) groups excluding carboxylic acids is 3. The summed E-state index contributed by atoms with van der Waals surface area (Å²) in [6.45, 7) is 2.66. The molecule has 2 rings (SSSR count). The second-order valence-electron chi connectivity index (χ2n) is 5.16. The van der Waals surface area contributed by atoms with Gasteiger partial charge in [0.05, 0.1) is 6.04 Å². The van der Waals surface area contributed by atoms with Crippen LogP contribution in [0.15, 0.2) is 0 Å². The standard InChI is InChI=1S/C13H21N3O3/c1-2-10-12(18)15-11(17)8-16(10)13(19)9-6-4-3-5-7-14-9/h9-10,14H,2-8H2,1H3,(H,15,17,18). The molecule has 2 saturated heterocycles. The zero-order valence-electron chi connectivity index (χ0n) is 11.3. The van der Waals surface area contributed by atoms with E-state index in [2.05, 4.69) is 10.6 Å². The summed E-state index contributed by atoms with van der Waals surface area (Å²) < 4.78 is 0. The van der Waals surface area contributed by atoms with Crippen molar-refractivity contribution in [1.29, 1.82) is 0 Å². The van der Waals surface area contributed by atoms with E-state index in [1.54, 1.807) is 0 Å². The van der Waals surface area contributed by atoms with Crippen molar-refractivity contribution in [2.24, 2.45) is 0 Å². The van der Waals surface area contributed by atoms with Crippen molar-refractivity contribution in [2.45, 2.75) is 51.1 Å². The quantitative estimate of drug-likeness (QED) is 0.678. The first-order valence-electron chi connectivity index (χ1n) is 7.01. The molecular weight excluding hydrogens is 246 g/mol. The molecule has 106 valence electrons. The smallest absolute Gasteiger partial charge is 0.249 e. The van der Waals surface area contributed by atoms with Gasteiger partial charge in [-0.3, -0.25) is 19.7 Å². The van der Waals surface area contributed by atoms with E-state index in [-0.39, 0.29) is 24.4 Å². The third-order valence-electron chi connectivity index (χ3n) is 3.78. The number of piperazine rings is 1. The van der Waals surface area contributed by atoms with Crippen LogP contribution in [-0.4, -0.2) is 47.8 Å². The SMILES string of the molecule is CCC1C(=O)NC(=O)CN1C(=O)C1CCCCCN1. The third kappa shape index (κ3) is 3.12. The topological polar surface area (TPSA) is 78.5 Å². The lowest BCUT2D eigenvalue weighted by Crippen LogP contribution is -2.62. The molecule has 2 heterocycles. The molecule has 0 saturated carbocycles. The Balaban J connectivity index is 2.10. The number of carbonyl (C=O) groups is 3. The average molecular weight is 267 g/mol. The maximum Gasteiger partial charge on any atom is 0.249 e. The van der Waals surface area contributed by atoms with E-state index in [0.29, 0.717) is 6.42 Å². The summed E-state index contributed by atoms with van der Waals surface area (Å²) >= 11 is 0. The molecule has 3 amide bonds. The predicted molar refractivity (Wildman–Crippen MR) is 69.2 cm³/mol. The van der Waals surface area contributed by atoms with Gasteiger partial charge in [0.25, 0.3) is 0 Å². The molecule has 0 spiro atoms. The molecule has 0 aliphatic carbocycles. The minimum Gasteiger partial charge on any atom is -0.320 e. The first kappa shape index (κ1) is 14.0. The molecule has 0 aromatic heterocycles. The van der Waals surface area contributed by atoms with Crippen molar-refractivity contribution in [3.8, 4) is 0 Å². The Hall–Kier alpha value is -1.43. The molecule has 2 unspecified atom stereocenters. The summed E-state index contributed by atoms with van der Waals surface area (Å²) in [4.78, 5) is 37.1. The molecular formula is C13H21N3O3. The van der Waals surface area contributed by atoms with Gasteiger partial charge in [-0.25, -0.2) is 0 Å². The van der Waals surface area contributed by atoms with Gasteiger partial charge in [-0.2, -0.15) is 0 Å². The molecule has 0 radical (unpaired) electrons. The number of amides is 3. The molecule has 2 N–H and O–H groups in total. The second kappa shape index (κ2) is 6.14. The number of rotatable bonds is 2. The largest absolute Gasteiger partial charge is 0.320 e. The van der Waals surface area contributed by atoms with E-state index in [1.807, 2.05) is 6.92 Å². The van der Waals surface area contributed by atoms with Crippen molar-refractivity contribution in [2.75, 3.05) is 13.1 Å². The van der Waals surface area contributed by atoms with Crippen molar-refractivity contribution in [1.82, 2.24) is 15.5 Å². The van der Waals surface area contributed by atoms with Gasteiger partial charge in [0, 0.05) is 0 Å². The lowest BCUT2D eigenvalue weighted by atomic mass is 10.0. The van der Waals surface area contributed by atoms with Crippen LogP contribution in [0, 0.1) is 0 Å². The molecule has 6 heteroatoms. The molecule has 2 aliphatic rings. The van der Waals surface area contributed by atoms with Crippen LogP contribution in [0.1, 0.15) is 39.0 Å². The number of nitrogens with zero attached hydrogens (tertiary/aromatic N) is 1. The summed E-state index contributed by atoms with van der Waals surface area (Å²) in [5.41, 5.74) is 0. The Bertz CT molecular complexity index is 375. The third-order valence-corrected chi connectivity index (χ3v) is 3.78. The van der Waals surface area contributed by atoms with E-state index in [9.17, 15) is 14.4 Å². The molecule has 2 atom stereocenters. The van der Waals surface area contributed by atoms with Crippen molar-refractivity contribution < 1.29 is 14.4 Å². The van der Waals surface area contributed by atoms with E-state index >= 15 is 0 Å². The van der Waals surface area contributed by atoms with Gasteiger partial charge >= 0.3 is 0 Å². The lowest BCUT2D eigenvalue weighted by Gasteiger charge is -2.35. The van der Waals surface area contributed by atoms with Gasteiger partial charge in [0.2, 0.25) is 17.7 Å². The highest BCUT2D eigenvalue weighted by Crippen LogP contribution is 2.15. The number of hydrogen-bond donors (Lipinski definition) is 2. The molecule has 6 nitrogen and oxygen atoms in total. The summed E-state index contributed by atoms with van der Waals surface area (Å²) in [5.74, 6) is -0.866. The first-order valence-corrected chi connectivity index (χ1v) is 7.01. The fraction of sp³-hybridized carbons (Fsp3) is 0.769. The highest BCUT2D eigenvalue weighted by atomic mass is 16.2. The molecule has 2 fully saturated rings. The number of imide groups is 1. The fourth-order valence-corrected chi connectivity index (χ4v) is 2.74. The Morgan fingerprint density at radius 3 is 2.84 bits per heavy atom. The van der Waals surface area contributed by atoms with Gasteiger partial charge in [-0.1, -0.05) is 19.8 Å². The molecule has 2 aliphatic heterocycles. The zero-order valence-corrected chi connectivity index (χ0v) is 11.3. The van der Waals surface area contributed by atoms with Crippen LogP contribution in [-0.2, 0) is 14.4 Å². The Morgan fingerprint density at radius 1 is 1.32 bits per heavy atom. The molecule has 0 aromatic rings. The van der Waals surface area contributed by atoms with Crippen molar-refractivity contribution in [3.63, 3.8) is 0 Å². The Kier molecular flexibility index (Phi) is 4.52. The van der Waals surface area contributed by atoms with Crippen molar-refractivity contribution in [3.05, 3.63) is 0 Å². The first-order chi connectivity index (χ1) is 9.13. The molecule has 0 bridgehead atoms. The molecule has 19 heavy (non-hydrogen) atoms. The maximum atomic E-state index is 12.5. The summed E-state index contributed by atoms with van der Waals surface area (Å²) in [6, 6.07) is -0.773. The summed E-state index contributed by atoms with van der Waals surface area (Å²) in [5, 5.41) is 5.51. The van der Waals surface area contributed by atoms with E-state index in [4.69, 9.17) is 0 Å². The highest BCUT2D eigenvalue weighted by molar-refractivity contribution is 6.04. The van der Waals surface area contributed by atoms with Crippen LogP contribution in [0.25, 0.3) is 0 Å². The normalized spacial score (nSPS) is 28.8. The zero-order chi connectivity index (χ0) is 13.8. The molecule has 0 aromatic carbocycles. The maximum absolute atomic E-state index is 12.5. The van der Waals surface area contributed by atoms with Crippen LogP contribution in [0.4, 0.5) is 0 Å². The van der Waals surface area contributed by atoms with Crippen LogP contribution < -0.4 is 10.6 Å². The number of nitrogens with one attached hydrogen (secondary N) is 2. The number of hydrogen-bond acceptors (Lipinski definition) is 4. The van der Waals surface area contributed by atoms with Gasteiger partial charge in [0.15, 0.2) is 0 Å². The van der Waals surface area contributed by atoms with E-state index < -0.39 is 11.9 Å². The minimum absolute atomic E-state index is 0.0126. The monoisotopic (exact) mass is 267 g/mol. The van der Waals surface area contributed by atoms with Crippen molar-refractivity contribution >= 4 is 17.7 Å². The van der Waals surface area contributed by atoms with Gasteiger partial charge < -0.3 is 10.2 Å². The van der Waals surface area contributed by atoms with Crippen LogP contribution >= 0.6 is 0 Å².